The molecule has 4 heteroatoms. The van der Waals surface area contributed by atoms with Crippen molar-refractivity contribution in [1.82, 2.24) is 0 Å². The molecule has 0 fully saturated rings. The standard InChI is InChI=1S/C18H21ClO2S/c19-15-22-18(13-20-11-16-7-3-1-4-8-16)14-21-12-17-9-5-2-6-10-17/h1-10,18H,11-15H2. The first-order chi connectivity index (χ1) is 10.9. The van der Waals surface area contributed by atoms with Gasteiger partial charge in [0, 0.05) is 0 Å². The first kappa shape index (κ1) is 17.4. The highest BCUT2D eigenvalue weighted by molar-refractivity contribution is 8.01. The fourth-order valence-corrected chi connectivity index (χ4v) is 3.10. The molecule has 2 aromatic carbocycles. The van der Waals surface area contributed by atoms with Gasteiger partial charge in [-0.15, -0.1) is 23.4 Å². The molecule has 0 unspecified atom stereocenters. The molecule has 0 aliphatic carbocycles. The summed E-state index contributed by atoms with van der Waals surface area (Å²) < 4.78 is 11.6. The highest BCUT2D eigenvalue weighted by Gasteiger charge is 2.10. The van der Waals surface area contributed by atoms with E-state index in [1.165, 1.54) is 11.1 Å². The van der Waals surface area contributed by atoms with E-state index in [0.717, 1.165) is 0 Å². The highest BCUT2D eigenvalue weighted by atomic mass is 35.5. The summed E-state index contributed by atoms with van der Waals surface area (Å²) >= 11 is 7.50. The lowest BCUT2D eigenvalue weighted by atomic mass is 10.2. The molecular weight excluding hydrogens is 316 g/mol. The van der Waals surface area contributed by atoms with Crippen LogP contribution in [0.15, 0.2) is 60.7 Å². The van der Waals surface area contributed by atoms with Gasteiger partial charge in [-0.1, -0.05) is 60.7 Å². The Morgan fingerprint density at radius 2 is 1.23 bits per heavy atom. The van der Waals surface area contributed by atoms with Crippen LogP contribution in [-0.4, -0.2) is 23.7 Å². The van der Waals surface area contributed by atoms with Gasteiger partial charge in [0.15, 0.2) is 0 Å². The molecular formula is C18H21ClO2S. The van der Waals surface area contributed by atoms with Gasteiger partial charge in [-0.25, -0.2) is 0 Å². The van der Waals surface area contributed by atoms with E-state index in [0.29, 0.717) is 31.6 Å². The third kappa shape index (κ3) is 6.84. The molecule has 118 valence electrons. The van der Waals surface area contributed by atoms with Gasteiger partial charge < -0.3 is 9.47 Å². The van der Waals surface area contributed by atoms with Crippen molar-refractivity contribution >= 4 is 23.4 Å². The first-order valence-electron chi connectivity index (χ1n) is 7.29. The van der Waals surface area contributed by atoms with Crippen LogP contribution in [-0.2, 0) is 22.7 Å². The van der Waals surface area contributed by atoms with Crippen molar-refractivity contribution in [3.63, 3.8) is 0 Å². The maximum Gasteiger partial charge on any atom is 0.0717 e. The van der Waals surface area contributed by atoms with Crippen molar-refractivity contribution in [1.29, 1.82) is 0 Å². The van der Waals surface area contributed by atoms with Gasteiger partial charge in [0.05, 0.1) is 36.9 Å². The molecule has 0 amide bonds. The topological polar surface area (TPSA) is 18.5 Å². The molecule has 0 aromatic heterocycles. The van der Waals surface area contributed by atoms with Crippen LogP contribution >= 0.6 is 23.4 Å². The Kier molecular flexibility index (Phi) is 8.43. The van der Waals surface area contributed by atoms with Gasteiger partial charge >= 0.3 is 0 Å². The summed E-state index contributed by atoms with van der Waals surface area (Å²) in [5, 5.41) is 0.804. The summed E-state index contributed by atoms with van der Waals surface area (Å²) in [6.45, 7) is 2.53. The Bertz CT molecular complexity index is 462. The monoisotopic (exact) mass is 336 g/mol. The van der Waals surface area contributed by atoms with Crippen LogP contribution < -0.4 is 0 Å². The minimum atomic E-state index is 0.255. The van der Waals surface area contributed by atoms with Crippen molar-refractivity contribution in [3.05, 3.63) is 71.8 Å². The maximum absolute atomic E-state index is 5.84. The normalized spacial score (nSPS) is 11.0. The van der Waals surface area contributed by atoms with E-state index in [-0.39, 0.29) is 5.25 Å². The van der Waals surface area contributed by atoms with Gasteiger partial charge in [0.2, 0.25) is 0 Å². The van der Waals surface area contributed by atoms with Crippen LogP contribution in [0.4, 0.5) is 0 Å². The van der Waals surface area contributed by atoms with E-state index in [1.807, 2.05) is 36.4 Å². The van der Waals surface area contributed by atoms with Crippen LogP contribution in [0.2, 0.25) is 0 Å². The average molecular weight is 337 g/mol. The Morgan fingerprint density at radius 1 is 0.773 bits per heavy atom. The molecule has 0 N–H and O–H groups in total. The summed E-state index contributed by atoms with van der Waals surface area (Å²) in [4.78, 5) is 0. The van der Waals surface area contributed by atoms with Crippen molar-refractivity contribution in [2.45, 2.75) is 18.5 Å². The number of benzene rings is 2. The smallest absolute Gasteiger partial charge is 0.0717 e. The Labute approximate surface area is 141 Å². The minimum Gasteiger partial charge on any atom is -0.376 e. The quantitative estimate of drug-likeness (QED) is 0.585. The van der Waals surface area contributed by atoms with Gasteiger partial charge in [-0.3, -0.25) is 0 Å². The van der Waals surface area contributed by atoms with Crippen LogP contribution in [0, 0.1) is 0 Å². The van der Waals surface area contributed by atoms with E-state index in [4.69, 9.17) is 21.1 Å². The molecule has 0 aliphatic rings. The molecule has 2 nitrogen and oxygen atoms in total. The minimum absolute atomic E-state index is 0.255. The van der Waals surface area contributed by atoms with Crippen molar-refractivity contribution < 1.29 is 9.47 Å². The summed E-state index contributed by atoms with van der Waals surface area (Å²) in [5.74, 6) is 0. The SMILES string of the molecule is ClCSC(COCc1ccccc1)COCc1ccccc1. The van der Waals surface area contributed by atoms with E-state index in [2.05, 4.69) is 24.3 Å². The molecule has 22 heavy (non-hydrogen) atoms. The molecule has 2 rings (SSSR count). The van der Waals surface area contributed by atoms with Crippen molar-refractivity contribution in [3.8, 4) is 0 Å². The Balaban J connectivity index is 1.68. The summed E-state index contributed by atoms with van der Waals surface area (Å²) in [5.41, 5.74) is 2.37. The zero-order chi connectivity index (χ0) is 15.5. The molecule has 0 spiro atoms. The van der Waals surface area contributed by atoms with Crippen LogP contribution in [0.5, 0.6) is 0 Å². The number of hydrogen-bond acceptors (Lipinski definition) is 3. The van der Waals surface area contributed by atoms with Crippen LogP contribution in [0.25, 0.3) is 0 Å². The largest absolute Gasteiger partial charge is 0.376 e. The predicted octanol–water partition coefficient (Wildman–Crippen LogP) is 4.72. The van der Waals surface area contributed by atoms with Crippen molar-refractivity contribution in [2.24, 2.45) is 0 Å². The Morgan fingerprint density at radius 3 is 1.64 bits per heavy atom. The second kappa shape index (κ2) is 10.7. The molecule has 0 aliphatic heterocycles. The lowest BCUT2D eigenvalue weighted by Crippen LogP contribution is -2.19. The lowest BCUT2D eigenvalue weighted by molar-refractivity contribution is 0.0745. The molecule has 0 atom stereocenters. The van der Waals surface area contributed by atoms with Gasteiger partial charge in [0.1, 0.15) is 0 Å². The zero-order valence-electron chi connectivity index (χ0n) is 12.5. The van der Waals surface area contributed by atoms with E-state index in [9.17, 15) is 0 Å². The second-order valence-electron chi connectivity index (χ2n) is 4.90. The average Bonchev–Trinajstić information content (AvgIpc) is 2.57. The van der Waals surface area contributed by atoms with Gasteiger partial charge in [-0.2, -0.15) is 0 Å². The number of rotatable bonds is 10. The first-order valence-corrected chi connectivity index (χ1v) is 8.87. The summed E-state index contributed by atoms with van der Waals surface area (Å²) in [6, 6.07) is 20.4. The molecule has 2 aromatic rings. The molecule has 0 bridgehead atoms. The van der Waals surface area contributed by atoms with E-state index >= 15 is 0 Å². The third-order valence-electron chi connectivity index (χ3n) is 3.13. The number of ether oxygens (including phenoxy) is 2. The maximum atomic E-state index is 5.84. The Hall–Kier alpha value is -1.00. The van der Waals surface area contributed by atoms with E-state index < -0.39 is 0 Å². The number of hydrogen-bond donors (Lipinski definition) is 0. The fourth-order valence-electron chi connectivity index (χ4n) is 2.00. The summed E-state index contributed by atoms with van der Waals surface area (Å²) in [7, 11) is 0. The van der Waals surface area contributed by atoms with Gasteiger partial charge in [-0.05, 0) is 11.1 Å². The van der Waals surface area contributed by atoms with Crippen LogP contribution in [0.3, 0.4) is 0 Å². The van der Waals surface area contributed by atoms with Gasteiger partial charge in [0.25, 0.3) is 0 Å². The fraction of sp³-hybridized carbons (Fsp3) is 0.333. The second-order valence-corrected chi connectivity index (χ2v) is 6.77. The van der Waals surface area contributed by atoms with Crippen LogP contribution in [0.1, 0.15) is 11.1 Å². The number of halogens is 1. The van der Waals surface area contributed by atoms with Crippen molar-refractivity contribution in [2.75, 3.05) is 18.4 Å². The number of thioether (sulfide) groups is 1. The third-order valence-corrected chi connectivity index (χ3v) is 4.38. The lowest BCUT2D eigenvalue weighted by Gasteiger charge is -2.16. The number of alkyl halides is 1. The molecule has 0 saturated heterocycles. The zero-order valence-corrected chi connectivity index (χ0v) is 14.1. The summed E-state index contributed by atoms with van der Waals surface area (Å²) in [6.07, 6.45) is 0. The molecule has 0 saturated carbocycles. The predicted molar refractivity (Wildman–Crippen MR) is 94.3 cm³/mol. The molecule has 0 heterocycles. The molecule has 0 radical (unpaired) electrons. The highest BCUT2D eigenvalue weighted by Crippen LogP contribution is 2.15. The van der Waals surface area contributed by atoms with E-state index in [1.54, 1.807) is 11.8 Å².